The fourth-order valence-electron chi connectivity index (χ4n) is 2.95. The predicted molar refractivity (Wildman–Crippen MR) is 94.0 cm³/mol. The Labute approximate surface area is 133 Å². The lowest BCUT2D eigenvalue weighted by Crippen LogP contribution is -2.23. The van der Waals surface area contributed by atoms with Crippen molar-refractivity contribution in [3.63, 3.8) is 0 Å². The van der Waals surface area contributed by atoms with Gasteiger partial charge in [0, 0.05) is 12.2 Å². The summed E-state index contributed by atoms with van der Waals surface area (Å²) in [4.78, 5) is 4.61. The van der Waals surface area contributed by atoms with Gasteiger partial charge in [0.15, 0.2) is 0 Å². The number of rotatable bonds is 9. The monoisotopic (exact) mass is 304 g/mol. The average molecular weight is 305 g/mol. The fourth-order valence-corrected chi connectivity index (χ4v) is 3.74. The molecule has 0 aromatic carbocycles. The van der Waals surface area contributed by atoms with Crippen molar-refractivity contribution in [3.05, 3.63) is 29.3 Å². The molecular formula is C18H28N2S. The third-order valence-corrected chi connectivity index (χ3v) is 5.14. The van der Waals surface area contributed by atoms with Crippen molar-refractivity contribution in [2.45, 2.75) is 58.9 Å². The first-order valence-corrected chi connectivity index (χ1v) is 9.22. The van der Waals surface area contributed by atoms with Gasteiger partial charge in [0.1, 0.15) is 0 Å². The lowest BCUT2D eigenvalue weighted by Gasteiger charge is -2.24. The summed E-state index contributed by atoms with van der Waals surface area (Å²) in [5, 5.41) is 5.79. The summed E-state index contributed by atoms with van der Waals surface area (Å²) >= 11 is 1.79. The van der Waals surface area contributed by atoms with Gasteiger partial charge in [-0.15, -0.1) is 11.3 Å². The Kier molecular flexibility index (Phi) is 6.65. The van der Waals surface area contributed by atoms with E-state index in [0.29, 0.717) is 6.04 Å². The maximum atomic E-state index is 4.61. The molecule has 3 heteroatoms. The molecule has 2 aromatic heterocycles. The number of aromatic nitrogens is 1. The van der Waals surface area contributed by atoms with E-state index in [1.54, 1.807) is 11.3 Å². The van der Waals surface area contributed by atoms with Gasteiger partial charge < -0.3 is 5.32 Å². The molecule has 0 spiro atoms. The van der Waals surface area contributed by atoms with Gasteiger partial charge in [-0.1, -0.05) is 46.5 Å². The molecule has 0 radical (unpaired) electrons. The zero-order valence-corrected chi connectivity index (χ0v) is 14.4. The zero-order valence-electron chi connectivity index (χ0n) is 13.6. The molecule has 1 N–H and O–H groups in total. The van der Waals surface area contributed by atoms with Crippen LogP contribution in [0.25, 0.3) is 10.2 Å². The number of nitrogens with zero attached hydrogens (tertiary/aromatic N) is 1. The summed E-state index contributed by atoms with van der Waals surface area (Å²) < 4.78 is 1.30. The van der Waals surface area contributed by atoms with Gasteiger partial charge in [0.25, 0.3) is 0 Å². The predicted octanol–water partition coefficient (Wildman–Crippen LogP) is 5.55. The first kappa shape index (κ1) is 16.4. The van der Waals surface area contributed by atoms with Crippen LogP contribution in [0, 0.1) is 5.92 Å². The number of unbranched alkanes of at least 4 members (excludes halogenated alkanes) is 1. The molecule has 116 valence electrons. The van der Waals surface area contributed by atoms with Crippen LogP contribution in [-0.2, 0) is 0 Å². The van der Waals surface area contributed by atoms with Crippen LogP contribution in [0.2, 0.25) is 0 Å². The van der Waals surface area contributed by atoms with E-state index in [0.717, 1.165) is 18.0 Å². The highest BCUT2D eigenvalue weighted by Crippen LogP contribution is 2.29. The van der Waals surface area contributed by atoms with Crippen molar-refractivity contribution in [2.75, 3.05) is 6.54 Å². The molecule has 0 fully saturated rings. The van der Waals surface area contributed by atoms with Crippen LogP contribution in [-0.4, -0.2) is 11.5 Å². The maximum absolute atomic E-state index is 4.61. The molecule has 0 saturated heterocycles. The molecule has 0 bridgehead atoms. The van der Waals surface area contributed by atoms with Gasteiger partial charge in [-0.2, -0.15) is 0 Å². The van der Waals surface area contributed by atoms with E-state index in [2.05, 4.69) is 54.8 Å². The Morgan fingerprint density at radius 1 is 1.29 bits per heavy atom. The Morgan fingerprint density at radius 2 is 2.14 bits per heavy atom. The smallest absolute Gasteiger partial charge is 0.0809 e. The number of thiophene rings is 1. The van der Waals surface area contributed by atoms with Crippen molar-refractivity contribution in [1.29, 1.82) is 0 Å². The van der Waals surface area contributed by atoms with Crippen molar-refractivity contribution in [3.8, 4) is 0 Å². The van der Waals surface area contributed by atoms with Gasteiger partial charge in [-0.25, -0.2) is 0 Å². The lowest BCUT2D eigenvalue weighted by atomic mass is 9.89. The Balaban J connectivity index is 2.12. The Hall–Kier alpha value is -0.930. The minimum Gasteiger partial charge on any atom is -0.310 e. The Bertz CT molecular complexity index is 535. The van der Waals surface area contributed by atoms with E-state index in [4.69, 9.17) is 0 Å². The molecule has 2 unspecified atom stereocenters. The molecule has 2 atom stereocenters. The van der Waals surface area contributed by atoms with Crippen LogP contribution in [0.4, 0.5) is 0 Å². The number of hydrogen-bond acceptors (Lipinski definition) is 3. The highest BCUT2D eigenvalue weighted by Gasteiger charge is 2.17. The number of pyridine rings is 1. The van der Waals surface area contributed by atoms with Gasteiger partial charge >= 0.3 is 0 Å². The topological polar surface area (TPSA) is 24.9 Å². The zero-order chi connectivity index (χ0) is 15.1. The van der Waals surface area contributed by atoms with Gasteiger partial charge in [0.05, 0.1) is 10.2 Å². The minimum absolute atomic E-state index is 0.441. The first-order valence-electron chi connectivity index (χ1n) is 8.34. The fraction of sp³-hybridized carbons (Fsp3) is 0.611. The SMILES string of the molecule is CCCCC(CC)CC(NCC)c1cnc2ccsc2c1. The van der Waals surface area contributed by atoms with Crippen molar-refractivity contribution in [2.24, 2.45) is 5.92 Å². The number of fused-ring (bicyclic) bond motifs is 1. The lowest BCUT2D eigenvalue weighted by molar-refractivity contribution is 0.357. The van der Waals surface area contributed by atoms with Crippen LogP contribution in [0.5, 0.6) is 0 Å². The largest absolute Gasteiger partial charge is 0.310 e. The maximum Gasteiger partial charge on any atom is 0.0809 e. The second-order valence-electron chi connectivity index (χ2n) is 5.84. The van der Waals surface area contributed by atoms with Crippen LogP contribution in [0.15, 0.2) is 23.7 Å². The summed E-state index contributed by atoms with van der Waals surface area (Å²) in [6.45, 7) is 7.81. The second kappa shape index (κ2) is 8.50. The molecule has 0 aliphatic heterocycles. The minimum atomic E-state index is 0.441. The van der Waals surface area contributed by atoms with Gasteiger partial charge in [-0.05, 0) is 42.0 Å². The molecule has 2 aromatic rings. The van der Waals surface area contributed by atoms with Crippen LogP contribution in [0.1, 0.15) is 64.5 Å². The quantitative estimate of drug-likeness (QED) is 0.656. The van der Waals surface area contributed by atoms with Crippen LogP contribution >= 0.6 is 11.3 Å². The normalized spacial score (nSPS) is 14.4. The highest BCUT2D eigenvalue weighted by atomic mass is 32.1. The van der Waals surface area contributed by atoms with E-state index in [9.17, 15) is 0 Å². The molecule has 2 rings (SSSR count). The molecule has 0 saturated carbocycles. The van der Waals surface area contributed by atoms with E-state index in [-0.39, 0.29) is 0 Å². The molecule has 2 nitrogen and oxygen atoms in total. The average Bonchev–Trinajstić information content (AvgIpc) is 2.97. The summed E-state index contributed by atoms with van der Waals surface area (Å²) in [5.74, 6) is 0.813. The molecule has 0 amide bonds. The summed E-state index contributed by atoms with van der Waals surface area (Å²) in [6, 6.07) is 4.87. The second-order valence-corrected chi connectivity index (χ2v) is 6.78. The molecule has 21 heavy (non-hydrogen) atoms. The first-order chi connectivity index (χ1) is 10.3. The van der Waals surface area contributed by atoms with Crippen molar-refractivity contribution < 1.29 is 0 Å². The third kappa shape index (κ3) is 4.52. The van der Waals surface area contributed by atoms with Gasteiger partial charge in [-0.3, -0.25) is 4.98 Å². The Morgan fingerprint density at radius 3 is 2.86 bits per heavy atom. The van der Waals surface area contributed by atoms with Crippen molar-refractivity contribution in [1.82, 2.24) is 10.3 Å². The van der Waals surface area contributed by atoms with E-state index in [1.165, 1.54) is 42.4 Å². The van der Waals surface area contributed by atoms with Crippen LogP contribution in [0.3, 0.4) is 0 Å². The van der Waals surface area contributed by atoms with E-state index < -0.39 is 0 Å². The highest BCUT2D eigenvalue weighted by molar-refractivity contribution is 7.17. The summed E-state index contributed by atoms with van der Waals surface area (Å²) in [5.41, 5.74) is 2.47. The third-order valence-electron chi connectivity index (χ3n) is 4.29. The summed E-state index contributed by atoms with van der Waals surface area (Å²) in [7, 11) is 0. The number of hydrogen-bond donors (Lipinski definition) is 1. The summed E-state index contributed by atoms with van der Waals surface area (Å²) in [6.07, 6.45) is 8.56. The molecule has 0 aliphatic carbocycles. The van der Waals surface area contributed by atoms with Crippen LogP contribution < -0.4 is 5.32 Å². The number of nitrogens with one attached hydrogen (secondary N) is 1. The molecular weight excluding hydrogens is 276 g/mol. The van der Waals surface area contributed by atoms with Crippen molar-refractivity contribution >= 4 is 21.6 Å². The van der Waals surface area contributed by atoms with E-state index in [1.807, 2.05) is 0 Å². The molecule has 0 aliphatic rings. The standard InChI is InChI=1S/C18H28N2S/c1-4-7-8-14(5-2)11-17(19-6-3)15-12-18-16(20-13-15)9-10-21-18/h9-10,12-14,17,19H,4-8,11H2,1-3H3. The van der Waals surface area contributed by atoms with Gasteiger partial charge in [0.2, 0.25) is 0 Å². The molecule has 2 heterocycles. The van der Waals surface area contributed by atoms with E-state index >= 15 is 0 Å².